The maximum atomic E-state index is 9.76. The van der Waals surface area contributed by atoms with Gasteiger partial charge in [-0.2, -0.15) is 0 Å². The Kier molecular flexibility index (Phi) is 4.31. The molecule has 3 rings (SSSR count). The second-order valence-electron chi connectivity index (χ2n) is 6.91. The molecular weight excluding hydrogens is 264 g/mol. The first-order chi connectivity index (χ1) is 10.1. The van der Waals surface area contributed by atoms with Crippen molar-refractivity contribution in [3.05, 3.63) is 35.9 Å². The Bertz CT molecular complexity index is 453. The van der Waals surface area contributed by atoms with Gasteiger partial charge < -0.3 is 15.5 Å². The van der Waals surface area contributed by atoms with E-state index in [-0.39, 0.29) is 5.41 Å². The Balaban J connectivity index is 1.72. The van der Waals surface area contributed by atoms with Crippen molar-refractivity contribution in [2.24, 2.45) is 0 Å². The molecule has 1 heterocycles. The molecule has 1 aromatic carbocycles. The first kappa shape index (κ1) is 15.0. The monoisotopic (exact) mass is 290 g/mol. The molecular formula is C17H26N2O2. The minimum absolute atomic E-state index is 0.00632. The van der Waals surface area contributed by atoms with Crippen molar-refractivity contribution >= 4 is 0 Å². The van der Waals surface area contributed by atoms with Gasteiger partial charge in [-0.25, -0.2) is 0 Å². The van der Waals surface area contributed by atoms with Crippen molar-refractivity contribution in [3.8, 4) is 0 Å². The Labute approximate surface area is 126 Å². The molecule has 0 bridgehead atoms. The standard InChI is InChI=1S/C17H26N2O2/c1-17(11-18-14-7-8-14,13-5-3-2-4-6-13)12-19-9-15(20)16(21)10-19/h2-6,14-16,18,20-21H,7-12H2,1H3. The Morgan fingerprint density at radius 1 is 1.14 bits per heavy atom. The van der Waals surface area contributed by atoms with E-state index in [1.165, 1.54) is 18.4 Å². The lowest BCUT2D eigenvalue weighted by Gasteiger charge is -2.35. The average molecular weight is 290 g/mol. The van der Waals surface area contributed by atoms with Gasteiger partial charge in [-0.3, -0.25) is 4.90 Å². The maximum Gasteiger partial charge on any atom is 0.0938 e. The molecule has 1 saturated heterocycles. The van der Waals surface area contributed by atoms with Crippen LogP contribution in [0.25, 0.3) is 0 Å². The fraction of sp³-hybridized carbons (Fsp3) is 0.647. The summed E-state index contributed by atoms with van der Waals surface area (Å²) in [5.74, 6) is 0. The number of aliphatic hydroxyl groups excluding tert-OH is 2. The second-order valence-corrected chi connectivity index (χ2v) is 6.91. The highest BCUT2D eigenvalue weighted by Crippen LogP contribution is 2.28. The zero-order valence-corrected chi connectivity index (χ0v) is 12.7. The van der Waals surface area contributed by atoms with E-state index < -0.39 is 12.2 Å². The fourth-order valence-corrected chi connectivity index (χ4v) is 3.22. The van der Waals surface area contributed by atoms with E-state index in [0.717, 1.165) is 13.1 Å². The van der Waals surface area contributed by atoms with Crippen LogP contribution in [0.4, 0.5) is 0 Å². The van der Waals surface area contributed by atoms with E-state index in [4.69, 9.17) is 0 Å². The third-order valence-electron chi connectivity index (χ3n) is 4.74. The van der Waals surface area contributed by atoms with Gasteiger partial charge in [0.05, 0.1) is 12.2 Å². The molecule has 0 radical (unpaired) electrons. The van der Waals surface area contributed by atoms with E-state index in [2.05, 4.69) is 41.4 Å². The minimum atomic E-state index is -0.610. The fourth-order valence-electron chi connectivity index (χ4n) is 3.22. The number of nitrogens with zero attached hydrogens (tertiary/aromatic N) is 1. The topological polar surface area (TPSA) is 55.7 Å². The van der Waals surface area contributed by atoms with Gasteiger partial charge in [0.2, 0.25) is 0 Å². The van der Waals surface area contributed by atoms with Crippen molar-refractivity contribution in [3.63, 3.8) is 0 Å². The van der Waals surface area contributed by atoms with Gasteiger partial charge in [0.1, 0.15) is 0 Å². The third-order valence-corrected chi connectivity index (χ3v) is 4.74. The number of hydrogen-bond acceptors (Lipinski definition) is 4. The zero-order chi connectivity index (χ0) is 14.9. The lowest BCUT2D eigenvalue weighted by Crippen LogP contribution is -2.45. The van der Waals surface area contributed by atoms with E-state index in [1.54, 1.807) is 0 Å². The average Bonchev–Trinajstić information content (AvgIpc) is 3.25. The molecule has 2 fully saturated rings. The zero-order valence-electron chi connectivity index (χ0n) is 12.7. The Morgan fingerprint density at radius 3 is 2.33 bits per heavy atom. The van der Waals surface area contributed by atoms with Gasteiger partial charge in [0.15, 0.2) is 0 Å². The van der Waals surface area contributed by atoms with Crippen LogP contribution < -0.4 is 5.32 Å². The highest BCUT2D eigenvalue weighted by Gasteiger charge is 2.36. The summed E-state index contributed by atoms with van der Waals surface area (Å²) in [6, 6.07) is 11.2. The summed E-state index contributed by atoms with van der Waals surface area (Å²) in [6.07, 6.45) is 1.35. The number of likely N-dealkylation sites (tertiary alicyclic amines) is 1. The van der Waals surface area contributed by atoms with Crippen LogP contribution >= 0.6 is 0 Å². The van der Waals surface area contributed by atoms with Crippen LogP contribution in [-0.2, 0) is 5.41 Å². The van der Waals surface area contributed by atoms with Gasteiger partial charge in [-0.05, 0) is 18.4 Å². The van der Waals surface area contributed by atoms with Gasteiger partial charge in [0.25, 0.3) is 0 Å². The Morgan fingerprint density at radius 2 is 1.76 bits per heavy atom. The van der Waals surface area contributed by atoms with Gasteiger partial charge >= 0.3 is 0 Å². The number of β-amino-alcohol motifs (C(OH)–C–C–N with tert-alkyl or cyclic N) is 2. The molecule has 3 unspecified atom stereocenters. The summed E-state index contributed by atoms with van der Waals surface area (Å²) in [5.41, 5.74) is 1.31. The molecule has 116 valence electrons. The molecule has 0 spiro atoms. The lowest BCUT2D eigenvalue weighted by molar-refractivity contribution is 0.0572. The number of nitrogens with one attached hydrogen (secondary N) is 1. The molecule has 21 heavy (non-hydrogen) atoms. The van der Waals surface area contributed by atoms with Crippen LogP contribution in [0.3, 0.4) is 0 Å². The van der Waals surface area contributed by atoms with Gasteiger partial charge in [0, 0.05) is 37.6 Å². The number of aliphatic hydroxyl groups is 2. The van der Waals surface area contributed by atoms with Crippen molar-refractivity contribution in [2.75, 3.05) is 26.2 Å². The molecule has 1 saturated carbocycles. The molecule has 1 aliphatic heterocycles. The summed E-state index contributed by atoms with van der Waals surface area (Å²) >= 11 is 0. The first-order valence-electron chi connectivity index (χ1n) is 7.94. The molecule has 4 nitrogen and oxygen atoms in total. The molecule has 3 N–H and O–H groups in total. The summed E-state index contributed by atoms with van der Waals surface area (Å²) in [6.45, 7) is 5.18. The second kappa shape index (κ2) is 6.05. The number of hydrogen-bond donors (Lipinski definition) is 3. The highest BCUT2D eigenvalue weighted by molar-refractivity contribution is 5.26. The summed E-state index contributed by atoms with van der Waals surface area (Å²) in [5, 5.41) is 23.2. The molecule has 1 aliphatic carbocycles. The van der Waals surface area contributed by atoms with Crippen molar-refractivity contribution < 1.29 is 10.2 Å². The summed E-state index contributed by atoms with van der Waals surface area (Å²) in [4.78, 5) is 2.18. The van der Waals surface area contributed by atoms with Crippen LogP contribution in [0.15, 0.2) is 30.3 Å². The molecule has 4 heteroatoms. The summed E-state index contributed by atoms with van der Waals surface area (Å²) in [7, 11) is 0. The predicted octanol–water partition coefficient (Wildman–Crippen LogP) is 0.734. The largest absolute Gasteiger partial charge is 0.389 e. The van der Waals surface area contributed by atoms with E-state index >= 15 is 0 Å². The molecule has 0 aromatic heterocycles. The van der Waals surface area contributed by atoms with Crippen LogP contribution in [0, 0.1) is 0 Å². The highest BCUT2D eigenvalue weighted by atomic mass is 16.3. The number of benzene rings is 1. The summed E-state index contributed by atoms with van der Waals surface area (Å²) < 4.78 is 0. The lowest BCUT2D eigenvalue weighted by atomic mass is 9.81. The molecule has 1 aromatic rings. The smallest absolute Gasteiger partial charge is 0.0938 e. The maximum absolute atomic E-state index is 9.76. The van der Waals surface area contributed by atoms with Crippen LogP contribution in [0.5, 0.6) is 0 Å². The van der Waals surface area contributed by atoms with Crippen molar-refractivity contribution in [1.29, 1.82) is 0 Å². The van der Waals surface area contributed by atoms with Gasteiger partial charge in [-0.15, -0.1) is 0 Å². The quantitative estimate of drug-likeness (QED) is 0.723. The van der Waals surface area contributed by atoms with Crippen LogP contribution in [0.1, 0.15) is 25.3 Å². The first-order valence-corrected chi connectivity index (χ1v) is 7.94. The van der Waals surface area contributed by atoms with E-state index in [1.807, 2.05) is 6.07 Å². The normalized spacial score (nSPS) is 29.5. The minimum Gasteiger partial charge on any atom is -0.389 e. The van der Waals surface area contributed by atoms with Crippen LogP contribution in [0.2, 0.25) is 0 Å². The van der Waals surface area contributed by atoms with E-state index in [9.17, 15) is 10.2 Å². The molecule has 2 aliphatic rings. The van der Waals surface area contributed by atoms with Gasteiger partial charge in [-0.1, -0.05) is 37.3 Å². The van der Waals surface area contributed by atoms with Crippen LogP contribution in [-0.4, -0.2) is 59.5 Å². The molecule has 3 atom stereocenters. The third kappa shape index (κ3) is 3.64. The van der Waals surface area contributed by atoms with E-state index in [0.29, 0.717) is 19.1 Å². The molecule has 0 amide bonds. The van der Waals surface area contributed by atoms with Crippen molar-refractivity contribution in [2.45, 2.75) is 43.4 Å². The number of rotatable bonds is 6. The predicted molar refractivity (Wildman–Crippen MR) is 83.3 cm³/mol. The SMILES string of the molecule is CC(CNC1CC1)(CN1CC(O)C(O)C1)c1ccccc1. The van der Waals surface area contributed by atoms with Crippen molar-refractivity contribution in [1.82, 2.24) is 10.2 Å². The Hall–Kier alpha value is -0.940.